The van der Waals surface area contributed by atoms with Gasteiger partial charge in [-0.05, 0) is 84.9 Å². The van der Waals surface area contributed by atoms with E-state index >= 15 is 0 Å². The molecule has 2 amide bonds. The van der Waals surface area contributed by atoms with Gasteiger partial charge in [0.1, 0.15) is 23.4 Å². The van der Waals surface area contributed by atoms with Crippen molar-refractivity contribution in [1.82, 2.24) is 4.90 Å². The summed E-state index contributed by atoms with van der Waals surface area (Å²) in [5.74, 6) is 0.363. The van der Waals surface area contributed by atoms with Crippen molar-refractivity contribution in [2.24, 2.45) is 0 Å². The molecular formula is C27H26FN3O4S. The highest BCUT2D eigenvalue weighted by molar-refractivity contribution is 7.80. The molecule has 1 heterocycles. The number of anilines is 2. The first-order chi connectivity index (χ1) is 17.4. The Morgan fingerprint density at radius 1 is 0.944 bits per heavy atom. The zero-order valence-electron chi connectivity index (χ0n) is 19.9. The molecular weight excluding hydrogens is 481 g/mol. The fourth-order valence-electron chi connectivity index (χ4n) is 4.02. The minimum atomic E-state index is -0.779. The fraction of sp³-hybridized carbons (Fsp3) is 0.222. The molecule has 7 nitrogen and oxygen atoms in total. The predicted octanol–water partition coefficient (Wildman–Crippen LogP) is 4.42. The third kappa shape index (κ3) is 5.63. The fourth-order valence-corrected chi connectivity index (χ4v) is 4.43. The number of thiocarbonyl (C=S) groups is 1. The highest BCUT2D eigenvalue weighted by atomic mass is 32.1. The van der Waals surface area contributed by atoms with Crippen LogP contribution in [0, 0.1) is 5.82 Å². The van der Waals surface area contributed by atoms with Crippen LogP contribution < -0.4 is 19.7 Å². The summed E-state index contributed by atoms with van der Waals surface area (Å²) in [4.78, 5) is 29.6. The number of benzene rings is 3. The van der Waals surface area contributed by atoms with E-state index in [4.69, 9.17) is 21.7 Å². The van der Waals surface area contributed by atoms with Crippen molar-refractivity contribution in [3.8, 4) is 11.5 Å². The molecule has 0 radical (unpaired) electrons. The molecule has 4 rings (SSSR count). The summed E-state index contributed by atoms with van der Waals surface area (Å²) in [5, 5.41) is 3.06. The number of rotatable bonds is 9. The molecule has 1 fully saturated rings. The summed E-state index contributed by atoms with van der Waals surface area (Å²) in [7, 11) is 3.18. The molecule has 9 heteroatoms. The number of methoxy groups -OCH3 is 2. The molecule has 0 aromatic heterocycles. The summed E-state index contributed by atoms with van der Waals surface area (Å²) >= 11 is 5.72. The van der Waals surface area contributed by atoms with Crippen LogP contribution in [0.15, 0.2) is 72.8 Å². The van der Waals surface area contributed by atoms with Gasteiger partial charge in [0.2, 0.25) is 5.91 Å². The Balaban J connectivity index is 1.54. The van der Waals surface area contributed by atoms with Gasteiger partial charge in [0.15, 0.2) is 5.11 Å². The standard InChI is InChI=1S/C27H26FN3O4S/c1-34-22-11-3-18(4-12-22)15-16-30-24(17-25(32)29-20-7-5-19(28)6-8-20)26(33)31(27(30)36)21-9-13-23(35-2)14-10-21/h3-14,24H,15-17H2,1-2H3,(H,29,32)/t24-/m1/s1. The van der Waals surface area contributed by atoms with Crippen LogP contribution in [-0.2, 0) is 16.0 Å². The average Bonchev–Trinajstić information content (AvgIpc) is 3.12. The highest BCUT2D eigenvalue weighted by Crippen LogP contribution is 2.29. The van der Waals surface area contributed by atoms with E-state index in [1.807, 2.05) is 24.3 Å². The Kier molecular flexibility index (Phi) is 7.80. The molecule has 3 aromatic carbocycles. The van der Waals surface area contributed by atoms with Gasteiger partial charge in [0.05, 0.1) is 26.3 Å². The lowest BCUT2D eigenvalue weighted by Gasteiger charge is -2.24. The van der Waals surface area contributed by atoms with E-state index in [1.54, 1.807) is 43.4 Å². The second kappa shape index (κ2) is 11.2. The van der Waals surface area contributed by atoms with Crippen LogP contribution >= 0.6 is 12.2 Å². The second-order valence-corrected chi connectivity index (χ2v) is 8.59. The van der Waals surface area contributed by atoms with Gasteiger partial charge in [-0.25, -0.2) is 4.39 Å². The topological polar surface area (TPSA) is 71.1 Å². The van der Waals surface area contributed by atoms with Gasteiger partial charge < -0.3 is 19.7 Å². The summed E-state index contributed by atoms with van der Waals surface area (Å²) in [6.45, 7) is 0.443. The molecule has 1 N–H and O–H groups in total. The minimum Gasteiger partial charge on any atom is -0.497 e. The molecule has 36 heavy (non-hydrogen) atoms. The number of carbonyl (C=O) groups excluding carboxylic acids is 2. The number of halogens is 1. The zero-order valence-corrected chi connectivity index (χ0v) is 20.8. The maximum atomic E-state index is 13.5. The van der Waals surface area contributed by atoms with E-state index in [2.05, 4.69) is 5.32 Å². The van der Waals surface area contributed by atoms with Gasteiger partial charge >= 0.3 is 0 Å². The molecule has 186 valence electrons. The van der Waals surface area contributed by atoms with E-state index in [1.165, 1.54) is 29.2 Å². The lowest BCUT2D eigenvalue weighted by Crippen LogP contribution is -2.39. The summed E-state index contributed by atoms with van der Waals surface area (Å²) in [6, 6.07) is 19.4. The molecule has 0 unspecified atom stereocenters. The average molecular weight is 508 g/mol. The van der Waals surface area contributed by atoms with Crippen LogP contribution in [0.5, 0.6) is 11.5 Å². The van der Waals surface area contributed by atoms with Crippen LogP contribution in [0.1, 0.15) is 12.0 Å². The molecule has 0 bridgehead atoms. The third-order valence-corrected chi connectivity index (χ3v) is 6.37. The Labute approximate surface area is 214 Å². The lowest BCUT2D eigenvalue weighted by molar-refractivity contribution is -0.124. The van der Waals surface area contributed by atoms with E-state index in [-0.39, 0.29) is 18.2 Å². The van der Waals surface area contributed by atoms with Crippen molar-refractivity contribution in [1.29, 1.82) is 0 Å². The van der Waals surface area contributed by atoms with E-state index < -0.39 is 11.9 Å². The van der Waals surface area contributed by atoms with Crippen molar-refractivity contribution in [2.75, 3.05) is 31.0 Å². The Morgan fingerprint density at radius 3 is 2.11 bits per heavy atom. The number of carbonyl (C=O) groups is 2. The van der Waals surface area contributed by atoms with Gasteiger partial charge in [-0.3, -0.25) is 14.5 Å². The van der Waals surface area contributed by atoms with E-state index in [0.717, 1.165) is 11.3 Å². The summed E-state index contributed by atoms with van der Waals surface area (Å²) < 4.78 is 23.7. The Morgan fingerprint density at radius 2 is 1.53 bits per heavy atom. The van der Waals surface area contributed by atoms with Gasteiger partial charge in [-0.2, -0.15) is 0 Å². The first-order valence-electron chi connectivity index (χ1n) is 11.4. The molecule has 3 aromatic rings. The largest absolute Gasteiger partial charge is 0.497 e. The maximum Gasteiger partial charge on any atom is 0.256 e. The molecule has 1 saturated heterocycles. The number of nitrogens with one attached hydrogen (secondary N) is 1. The van der Waals surface area contributed by atoms with Crippen LogP contribution in [0.2, 0.25) is 0 Å². The molecule has 1 atom stereocenters. The van der Waals surface area contributed by atoms with Crippen molar-refractivity contribution >= 4 is 40.5 Å². The second-order valence-electron chi connectivity index (χ2n) is 8.22. The van der Waals surface area contributed by atoms with Crippen molar-refractivity contribution in [2.45, 2.75) is 18.9 Å². The number of amides is 2. The van der Waals surface area contributed by atoms with Crippen LogP contribution in [-0.4, -0.2) is 48.6 Å². The maximum absolute atomic E-state index is 13.5. The number of ether oxygens (including phenoxy) is 2. The SMILES string of the molecule is COc1ccc(CCN2C(=S)N(c3ccc(OC)cc3)C(=O)[C@H]2CC(=O)Nc2ccc(F)cc2)cc1. The Bertz CT molecular complexity index is 1230. The quantitative estimate of drug-likeness (QED) is 0.433. The van der Waals surface area contributed by atoms with E-state index in [9.17, 15) is 14.0 Å². The number of nitrogens with zero attached hydrogens (tertiary/aromatic N) is 2. The molecule has 0 aliphatic carbocycles. The van der Waals surface area contributed by atoms with E-state index in [0.29, 0.717) is 35.2 Å². The van der Waals surface area contributed by atoms with Crippen molar-refractivity contribution < 1.29 is 23.5 Å². The lowest BCUT2D eigenvalue weighted by atomic mass is 10.1. The number of hydrogen-bond acceptors (Lipinski definition) is 5. The molecule has 0 spiro atoms. The normalized spacial score (nSPS) is 15.2. The summed E-state index contributed by atoms with van der Waals surface area (Å²) in [5.41, 5.74) is 2.09. The van der Waals surface area contributed by atoms with Gasteiger partial charge in [0, 0.05) is 12.2 Å². The number of hydrogen-bond donors (Lipinski definition) is 1. The first-order valence-corrected chi connectivity index (χ1v) is 11.8. The summed E-state index contributed by atoms with van der Waals surface area (Å²) in [6.07, 6.45) is 0.509. The molecule has 1 aliphatic heterocycles. The smallest absolute Gasteiger partial charge is 0.256 e. The molecule has 0 saturated carbocycles. The predicted molar refractivity (Wildman–Crippen MR) is 140 cm³/mol. The monoisotopic (exact) mass is 507 g/mol. The van der Waals surface area contributed by atoms with Gasteiger partial charge in [-0.1, -0.05) is 12.1 Å². The minimum absolute atomic E-state index is 0.106. The zero-order chi connectivity index (χ0) is 25.7. The van der Waals surface area contributed by atoms with Crippen molar-refractivity contribution in [3.05, 3.63) is 84.2 Å². The van der Waals surface area contributed by atoms with Crippen LogP contribution in [0.4, 0.5) is 15.8 Å². The van der Waals surface area contributed by atoms with Crippen LogP contribution in [0.25, 0.3) is 0 Å². The van der Waals surface area contributed by atoms with Crippen molar-refractivity contribution in [3.63, 3.8) is 0 Å². The molecule has 1 aliphatic rings. The highest BCUT2D eigenvalue weighted by Gasteiger charge is 2.43. The van der Waals surface area contributed by atoms with Crippen LogP contribution in [0.3, 0.4) is 0 Å². The first kappa shape index (κ1) is 25.1. The Hall–Kier alpha value is -3.98. The third-order valence-electron chi connectivity index (χ3n) is 5.96. The van der Waals surface area contributed by atoms with Gasteiger partial charge in [-0.15, -0.1) is 0 Å². The van der Waals surface area contributed by atoms with Gasteiger partial charge in [0.25, 0.3) is 5.91 Å².